The monoisotopic (exact) mass is 253 g/mol. The van der Waals surface area contributed by atoms with Gasteiger partial charge in [-0.25, -0.2) is 4.98 Å². The summed E-state index contributed by atoms with van der Waals surface area (Å²) in [5.74, 6) is 0.699. The SMILES string of the molecule is CCN1CCCCC(CNC)C1c1cscn1. The number of nitrogens with one attached hydrogen (secondary N) is 1. The van der Waals surface area contributed by atoms with Crippen LogP contribution in [0.5, 0.6) is 0 Å². The van der Waals surface area contributed by atoms with Gasteiger partial charge in [0.15, 0.2) is 0 Å². The number of nitrogens with zero attached hydrogens (tertiary/aromatic N) is 2. The average Bonchev–Trinajstić information content (AvgIpc) is 2.78. The van der Waals surface area contributed by atoms with E-state index in [-0.39, 0.29) is 0 Å². The van der Waals surface area contributed by atoms with E-state index in [9.17, 15) is 0 Å². The molecule has 0 spiro atoms. The van der Waals surface area contributed by atoms with Crippen LogP contribution in [0.2, 0.25) is 0 Å². The molecule has 1 aliphatic rings. The molecule has 4 heteroatoms. The van der Waals surface area contributed by atoms with Crippen molar-refractivity contribution in [2.24, 2.45) is 5.92 Å². The number of hydrogen-bond acceptors (Lipinski definition) is 4. The van der Waals surface area contributed by atoms with Gasteiger partial charge in [-0.3, -0.25) is 4.90 Å². The van der Waals surface area contributed by atoms with Gasteiger partial charge in [0.25, 0.3) is 0 Å². The van der Waals surface area contributed by atoms with Crippen LogP contribution in [0.25, 0.3) is 0 Å². The Morgan fingerprint density at radius 3 is 3.06 bits per heavy atom. The molecule has 0 amide bonds. The van der Waals surface area contributed by atoms with Gasteiger partial charge in [0.2, 0.25) is 0 Å². The van der Waals surface area contributed by atoms with Crippen LogP contribution in [-0.4, -0.2) is 36.6 Å². The second-order valence-electron chi connectivity index (χ2n) is 4.80. The fourth-order valence-corrected chi connectivity index (χ4v) is 3.53. The van der Waals surface area contributed by atoms with Gasteiger partial charge in [-0.2, -0.15) is 0 Å². The summed E-state index contributed by atoms with van der Waals surface area (Å²) in [6.07, 6.45) is 4.00. The molecule has 0 bridgehead atoms. The second-order valence-corrected chi connectivity index (χ2v) is 5.52. The molecule has 96 valence electrons. The van der Waals surface area contributed by atoms with Gasteiger partial charge in [-0.1, -0.05) is 13.3 Å². The average molecular weight is 253 g/mol. The zero-order valence-corrected chi connectivity index (χ0v) is 11.7. The predicted molar refractivity (Wildman–Crippen MR) is 73.4 cm³/mol. The van der Waals surface area contributed by atoms with Gasteiger partial charge >= 0.3 is 0 Å². The molecular formula is C13H23N3S. The Hall–Kier alpha value is -0.450. The molecule has 1 aromatic heterocycles. The largest absolute Gasteiger partial charge is 0.319 e. The molecule has 1 fully saturated rings. The highest BCUT2D eigenvalue weighted by molar-refractivity contribution is 7.07. The van der Waals surface area contributed by atoms with Crippen molar-refractivity contribution in [1.82, 2.24) is 15.2 Å². The van der Waals surface area contributed by atoms with Gasteiger partial charge in [0.05, 0.1) is 17.2 Å². The third-order valence-corrected chi connectivity index (χ3v) is 4.34. The molecule has 1 aromatic rings. The van der Waals surface area contributed by atoms with Gasteiger partial charge in [-0.15, -0.1) is 11.3 Å². The molecule has 0 radical (unpaired) electrons. The summed E-state index contributed by atoms with van der Waals surface area (Å²) in [7, 11) is 2.05. The molecule has 1 N–H and O–H groups in total. The number of thiazole rings is 1. The molecule has 2 atom stereocenters. The lowest BCUT2D eigenvalue weighted by Gasteiger charge is -2.33. The molecule has 1 aliphatic heterocycles. The van der Waals surface area contributed by atoms with Crippen molar-refractivity contribution in [2.75, 3.05) is 26.7 Å². The maximum atomic E-state index is 4.56. The molecule has 2 unspecified atom stereocenters. The summed E-state index contributed by atoms with van der Waals surface area (Å²) in [6.45, 7) is 5.71. The van der Waals surface area contributed by atoms with E-state index >= 15 is 0 Å². The summed E-state index contributed by atoms with van der Waals surface area (Å²) in [6, 6.07) is 0.515. The first-order chi connectivity index (χ1) is 8.36. The van der Waals surface area contributed by atoms with E-state index in [0.29, 0.717) is 12.0 Å². The third-order valence-electron chi connectivity index (χ3n) is 3.74. The highest BCUT2D eigenvalue weighted by Gasteiger charge is 2.30. The lowest BCUT2D eigenvalue weighted by Crippen LogP contribution is -2.36. The minimum atomic E-state index is 0.515. The van der Waals surface area contributed by atoms with E-state index in [2.05, 4.69) is 34.6 Å². The maximum absolute atomic E-state index is 4.56. The van der Waals surface area contributed by atoms with E-state index in [4.69, 9.17) is 0 Å². The van der Waals surface area contributed by atoms with Crippen molar-refractivity contribution in [1.29, 1.82) is 0 Å². The highest BCUT2D eigenvalue weighted by Crippen LogP contribution is 2.34. The maximum Gasteiger partial charge on any atom is 0.0795 e. The normalized spacial score (nSPS) is 26.9. The summed E-state index contributed by atoms with van der Waals surface area (Å²) >= 11 is 1.71. The fourth-order valence-electron chi connectivity index (χ4n) is 2.94. The van der Waals surface area contributed by atoms with E-state index < -0.39 is 0 Å². The number of aromatic nitrogens is 1. The van der Waals surface area contributed by atoms with Crippen LogP contribution in [0.1, 0.15) is 37.9 Å². The first-order valence-electron chi connectivity index (χ1n) is 6.63. The highest BCUT2D eigenvalue weighted by atomic mass is 32.1. The minimum Gasteiger partial charge on any atom is -0.319 e. The number of rotatable bonds is 4. The summed E-state index contributed by atoms with van der Waals surface area (Å²) in [4.78, 5) is 7.16. The van der Waals surface area contributed by atoms with Crippen molar-refractivity contribution in [3.63, 3.8) is 0 Å². The Labute approximate surface area is 108 Å². The first kappa shape index (κ1) is 13.0. The van der Waals surface area contributed by atoms with E-state index in [1.807, 2.05) is 5.51 Å². The topological polar surface area (TPSA) is 28.2 Å². The lowest BCUT2D eigenvalue weighted by atomic mass is 9.92. The Balaban J connectivity index is 2.22. The van der Waals surface area contributed by atoms with E-state index in [1.165, 1.54) is 31.5 Å². The summed E-state index contributed by atoms with van der Waals surface area (Å²) in [5, 5.41) is 5.57. The molecule has 0 aromatic carbocycles. The Morgan fingerprint density at radius 2 is 2.41 bits per heavy atom. The van der Waals surface area contributed by atoms with Crippen LogP contribution < -0.4 is 5.32 Å². The van der Waals surface area contributed by atoms with Crippen LogP contribution >= 0.6 is 11.3 Å². The van der Waals surface area contributed by atoms with Gasteiger partial charge in [0, 0.05) is 5.38 Å². The minimum absolute atomic E-state index is 0.515. The zero-order valence-electron chi connectivity index (χ0n) is 10.9. The van der Waals surface area contributed by atoms with Gasteiger partial charge in [0.1, 0.15) is 0 Å². The molecule has 2 heterocycles. The summed E-state index contributed by atoms with van der Waals surface area (Å²) in [5.41, 5.74) is 3.24. The van der Waals surface area contributed by atoms with Gasteiger partial charge in [-0.05, 0) is 45.4 Å². The van der Waals surface area contributed by atoms with E-state index in [0.717, 1.165) is 13.1 Å². The Kier molecular flexibility index (Phi) is 4.95. The quantitative estimate of drug-likeness (QED) is 0.894. The zero-order chi connectivity index (χ0) is 12.1. The Morgan fingerprint density at radius 1 is 1.53 bits per heavy atom. The number of hydrogen-bond donors (Lipinski definition) is 1. The van der Waals surface area contributed by atoms with Crippen molar-refractivity contribution in [3.8, 4) is 0 Å². The molecule has 0 aliphatic carbocycles. The van der Waals surface area contributed by atoms with Crippen LogP contribution in [0.3, 0.4) is 0 Å². The van der Waals surface area contributed by atoms with Crippen molar-refractivity contribution < 1.29 is 0 Å². The standard InChI is InChI=1S/C13H23N3S/c1-3-16-7-5-4-6-11(8-14-2)13(16)12-9-17-10-15-12/h9-11,13-14H,3-8H2,1-2H3. The molecule has 17 heavy (non-hydrogen) atoms. The van der Waals surface area contributed by atoms with Crippen LogP contribution in [0.4, 0.5) is 0 Å². The molecule has 1 saturated heterocycles. The van der Waals surface area contributed by atoms with Crippen LogP contribution in [-0.2, 0) is 0 Å². The Bertz CT molecular complexity index is 312. The fraction of sp³-hybridized carbons (Fsp3) is 0.769. The smallest absolute Gasteiger partial charge is 0.0795 e. The van der Waals surface area contributed by atoms with Crippen LogP contribution in [0.15, 0.2) is 10.9 Å². The molecule has 2 rings (SSSR count). The second kappa shape index (κ2) is 6.47. The van der Waals surface area contributed by atoms with Crippen molar-refractivity contribution >= 4 is 11.3 Å². The molecular weight excluding hydrogens is 230 g/mol. The molecule has 3 nitrogen and oxygen atoms in total. The number of likely N-dealkylation sites (tertiary alicyclic amines) is 1. The molecule has 0 saturated carbocycles. The lowest BCUT2D eigenvalue weighted by molar-refractivity contribution is 0.159. The summed E-state index contributed by atoms with van der Waals surface area (Å²) < 4.78 is 0. The van der Waals surface area contributed by atoms with Crippen molar-refractivity contribution in [2.45, 2.75) is 32.2 Å². The van der Waals surface area contributed by atoms with Gasteiger partial charge < -0.3 is 5.32 Å². The van der Waals surface area contributed by atoms with Crippen LogP contribution in [0, 0.1) is 5.92 Å². The predicted octanol–water partition coefficient (Wildman–Crippen LogP) is 2.53. The third kappa shape index (κ3) is 3.06. The van der Waals surface area contributed by atoms with E-state index in [1.54, 1.807) is 11.3 Å². The van der Waals surface area contributed by atoms with Crippen molar-refractivity contribution in [3.05, 3.63) is 16.6 Å². The first-order valence-corrected chi connectivity index (χ1v) is 7.57.